The van der Waals surface area contributed by atoms with E-state index >= 15 is 0 Å². The van der Waals surface area contributed by atoms with Crippen LogP contribution in [0, 0.1) is 5.92 Å². The summed E-state index contributed by atoms with van der Waals surface area (Å²) in [4.78, 5) is 21.0. The molecule has 2 atom stereocenters. The minimum atomic E-state index is -1.52. The van der Waals surface area contributed by atoms with E-state index < -0.39 is 12.1 Å². The lowest BCUT2D eigenvalue weighted by Gasteiger charge is -2.29. The number of aromatic nitrogens is 2. The van der Waals surface area contributed by atoms with E-state index in [9.17, 15) is 9.18 Å². The summed E-state index contributed by atoms with van der Waals surface area (Å²) in [5, 5.41) is 0. The van der Waals surface area contributed by atoms with E-state index in [4.69, 9.17) is 4.74 Å². The van der Waals surface area contributed by atoms with Crippen LogP contribution >= 0.6 is 0 Å². The molecule has 2 aromatic rings. The topological polar surface area (TPSA) is 52.1 Å². The maximum absolute atomic E-state index is 14.0. The number of hydrogen-bond donors (Lipinski definition) is 0. The number of aryl methyl sites for hydroxylation is 1. The third-order valence-corrected chi connectivity index (χ3v) is 6.21. The molecule has 1 heterocycles. The van der Waals surface area contributed by atoms with E-state index in [0.29, 0.717) is 12.3 Å². The van der Waals surface area contributed by atoms with Gasteiger partial charge in [0.15, 0.2) is 12.0 Å². The summed E-state index contributed by atoms with van der Waals surface area (Å²) < 4.78 is 19.5. The Balaban J connectivity index is 1.53. The lowest BCUT2D eigenvalue weighted by atomic mass is 9.82. The predicted molar refractivity (Wildman–Crippen MR) is 117 cm³/mol. The van der Waals surface area contributed by atoms with E-state index in [2.05, 4.69) is 41.2 Å². The van der Waals surface area contributed by atoms with Crippen LogP contribution in [0.2, 0.25) is 0 Å². The molecule has 30 heavy (non-hydrogen) atoms. The Kier molecular flexibility index (Phi) is 7.94. The van der Waals surface area contributed by atoms with Gasteiger partial charge in [-0.25, -0.2) is 19.2 Å². The van der Waals surface area contributed by atoms with Gasteiger partial charge in [0.05, 0.1) is 0 Å². The summed E-state index contributed by atoms with van der Waals surface area (Å²) in [5.74, 6) is 0.206. The van der Waals surface area contributed by atoms with Crippen molar-refractivity contribution in [3.05, 3.63) is 47.8 Å². The van der Waals surface area contributed by atoms with Gasteiger partial charge in [0.25, 0.3) is 0 Å². The van der Waals surface area contributed by atoms with Gasteiger partial charge < -0.3 is 4.74 Å². The standard InChI is InChI=1S/C25H33FN2O2/c1-4-6-18-15-27-24(28-16-18)21-9-7-19(8-10-21)20-11-13-22(14-12-20)30-25(29)23(26)17(3)5-2/h7-10,15-17,20,22-23H,4-6,11-14H2,1-3H3/t17-,20-,22-,23-/m0/s1. The van der Waals surface area contributed by atoms with Crippen LogP contribution in [0.15, 0.2) is 36.7 Å². The van der Waals surface area contributed by atoms with Crippen molar-refractivity contribution >= 4 is 5.97 Å². The molecule has 0 unspecified atom stereocenters. The molecule has 0 spiro atoms. The van der Waals surface area contributed by atoms with Crippen LogP contribution in [0.4, 0.5) is 4.39 Å². The highest BCUT2D eigenvalue weighted by Crippen LogP contribution is 2.35. The number of nitrogens with zero attached hydrogens (tertiary/aromatic N) is 2. The smallest absolute Gasteiger partial charge is 0.341 e. The molecule has 1 saturated carbocycles. The second-order valence-electron chi connectivity index (χ2n) is 8.48. The Morgan fingerprint density at radius 1 is 1.10 bits per heavy atom. The fourth-order valence-corrected chi connectivity index (χ4v) is 4.01. The number of hydrogen-bond acceptors (Lipinski definition) is 4. The first-order valence-corrected chi connectivity index (χ1v) is 11.3. The van der Waals surface area contributed by atoms with Crippen LogP contribution in [0.5, 0.6) is 0 Å². The molecule has 1 aromatic heterocycles. The average Bonchev–Trinajstić information content (AvgIpc) is 2.79. The molecule has 5 heteroatoms. The zero-order chi connectivity index (χ0) is 21.5. The van der Waals surface area contributed by atoms with Crippen LogP contribution < -0.4 is 0 Å². The summed E-state index contributed by atoms with van der Waals surface area (Å²) in [6.45, 7) is 5.78. The number of rotatable bonds is 8. The number of ether oxygens (including phenoxy) is 1. The third-order valence-electron chi connectivity index (χ3n) is 6.21. The second-order valence-corrected chi connectivity index (χ2v) is 8.48. The van der Waals surface area contributed by atoms with Gasteiger partial charge in [0.1, 0.15) is 6.10 Å². The van der Waals surface area contributed by atoms with E-state index in [-0.39, 0.29) is 12.0 Å². The van der Waals surface area contributed by atoms with Crippen molar-refractivity contribution in [2.45, 2.75) is 83.9 Å². The SMILES string of the molecule is CCCc1cnc(-c2ccc([C@H]3CC[C@H](OC(=O)[C@@H](F)[C@@H](C)CC)CC3)cc2)nc1. The van der Waals surface area contributed by atoms with Crippen LogP contribution in [-0.4, -0.2) is 28.2 Å². The molecule has 1 fully saturated rings. The van der Waals surface area contributed by atoms with E-state index in [1.54, 1.807) is 6.92 Å². The highest BCUT2D eigenvalue weighted by molar-refractivity contribution is 5.75. The van der Waals surface area contributed by atoms with Gasteiger partial charge in [-0.15, -0.1) is 0 Å². The second kappa shape index (κ2) is 10.6. The Hall–Kier alpha value is -2.30. The van der Waals surface area contributed by atoms with E-state index in [0.717, 1.165) is 49.9 Å². The van der Waals surface area contributed by atoms with Crippen LogP contribution in [0.25, 0.3) is 11.4 Å². The monoisotopic (exact) mass is 412 g/mol. The molecular weight excluding hydrogens is 379 g/mol. The summed E-state index contributed by atoms with van der Waals surface area (Å²) in [5.41, 5.74) is 3.47. The van der Waals surface area contributed by atoms with Gasteiger partial charge in [0.2, 0.25) is 0 Å². The summed E-state index contributed by atoms with van der Waals surface area (Å²) in [6.07, 6.45) is 8.32. The molecule has 0 saturated heterocycles. The molecule has 4 nitrogen and oxygen atoms in total. The Morgan fingerprint density at radius 3 is 2.30 bits per heavy atom. The van der Waals surface area contributed by atoms with Crippen molar-refractivity contribution < 1.29 is 13.9 Å². The Bertz CT molecular complexity index is 799. The molecule has 1 aliphatic carbocycles. The maximum atomic E-state index is 14.0. The zero-order valence-electron chi connectivity index (χ0n) is 18.3. The zero-order valence-corrected chi connectivity index (χ0v) is 18.3. The van der Waals surface area contributed by atoms with Crippen molar-refractivity contribution in [1.29, 1.82) is 0 Å². The first-order valence-electron chi connectivity index (χ1n) is 11.3. The summed E-state index contributed by atoms with van der Waals surface area (Å²) in [7, 11) is 0. The number of carbonyl (C=O) groups excluding carboxylic acids is 1. The van der Waals surface area contributed by atoms with Gasteiger partial charge in [0, 0.05) is 18.0 Å². The largest absolute Gasteiger partial charge is 0.460 e. The third kappa shape index (κ3) is 5.65. The van der Waals surface area contributed by atoms with Crippen LogP contribution in [0.3, 0.4) is 0 Å². The first-order chi connectivity index (χ1) is 14.5. The van der Waals surface area contributed by atoms with Gasteiger partial charge >= 0.3 is 5.97 Å². The minimum absolute atomic E-state index is 0.162. The first kappa shape index (κ1) is 22.4. The lowest BCUT2D eigenvalue weighted by Crippen LogP contribution is -2.31. The maximum Gasteiger partial charge on any atom is 0.341 e. The molecule has 0 N–H and O–H groups in total. The summed E-state index contributed by atoms with van der Waals surface area (Å²) in [6, 6.07) is 8.46. The van der Waals surface area contributed by atoms with Gasteiger partial charge in [-0.1, -0.05) is 57.9 Å². The molecule has 0 bridgehead atoms. The Labute approximate surface area is 179 Å². The van der Waals surface area contributed by atoms with Crippen molar-refractivity contribution in [2.75, 3.05) is 0 Å². The molecule has 0 amide bonds. The Morgan fingerprint density at radius 2 is 1.73 bits per heavy atom. The van der Waals surface area contributed by atoms with Gasteiger partial charge in [-0.2, -0.15) is 0 Å². The highest BCUT2D eigenvalue weighted by Gasteiger charge is 2.30. The number of halogens is 1. The molecule has 162 valence electrons. The number of alkyl halides is 1. The summed E-state index contributed by atoms with van der Waals surface area (Å²) >= 11 is 0. The molecule has 1 aromatic carbocycles. The normalized spacial score (nSPS) is 21.1. The van der Waals surface area contributed by atoms with E-state index in [1.165, 1.54) is 11.1 Å². The molecule has 0 radical (unpaired) electrons. The average molecular weight is 413 g/mol. The minimum Gasteiger partial charge on any atom is -0.460 e. The fourth-order valence-electron chi connectivity index (χ4n) is 4.01. The van der Waals surface area contributed by atoms with Crippen LogP contribution in [0.1, 0.15) is 76.3 Å². The van der Waals surface area contributed by atoms with Gasteiger partial charge in [-0.05, 0) is 55.1 Å². The van der Waals surface area contributed by atoms with Crippen molar-refractivity contribution in [3.8, 4) is 11.4 Å². The van der Waals surface area contributed by atoms with Gasteiger partial charge in [-0.3, -0.25) is 0 Å². The molecular formula is C25H33FN2O2. The molecule has 1 aliphatic rings. The van der Waals surface area contributed by atoms with Crippen molar-refractivity contribution in [1.82, 2.24) is 9.97 Å². The molecule has 3 rings (SSSR count). The number of esters is 1. The number of carbonyl (C=O) groups is 1. The van der Waals surface area contributed by atoms with Crippen molar-refractivity contribution in [3.63, 3.8) is 0 Å². The van der Waals surface area contributed by atoms with E-state index in [1.807, 2.05) is 19.3 Å². The fraction of sp³-hybridized carbons (Fsp3) is 0.560. The predicted octanol–water partition coefficient (Wildman–Crippen LogP) is 6.05. The highest BCUT2D eigenvalue weighted by atomic mass is 19.1. The van der Waals surface area contributed by atoms with Crippen LogP contribution in [-0.2, 0) is 16.0 Å². The quantitative estimate of drug-likeness (QED) is 0.495. The molecule has 0 aliphatic heterocycles. The van der Waals surface area contributed by atoms with Crippen molar-refractivity contribution in [2.24, 2.45) is 5.92 Å². The lowest BCUT2D eigenvalue weighted by molar-refractivity contribution is -0.158. The number of benzene rings is 1.